The molecule has 2 aliphatic rings. The molecule has 2 aliphatic carbocycles. The molecule has 0 radical (unpaired) electrons. The molecule has 4 rings (SSSR count). The lowest BCUT2D eigenvalue weighted by molar-refractivity contribution is -0.141. The van der Waals surface area contributed by atoms with Crippen molar-refractivity contribution in [2.45, 2.75) is 32.2 Å². The number of nitrogens with zero attached hydrogens (tertiary/aromatic N) is 4. The molecule has 132 valence electrons. The number of nitrogens with two attached hydrogens (primary N) is 1. The molecule has 0 aliphatic heterocycles. The second-order valence-electron chi connectivity index (χ2n) is 6.83. The van der Waals surface area contributed by atoms with Crippen molar-refractivity contribution in [2.75, 3.05) is 24.2 Å². The van der Waals surface area contributed by atoms with Gasteiger partial charge in [-0.3, -0.25) is 4.79 Å². The smallest absolute Gasteiger partial charge is 0.302 e. The molecule has 2 aromatic rings. The average molecular weight is 342 g/mol. The Balaban J connectivity index is 1.54. The minimum atomic E-state index is -0.253. The SMILES string of the molecule is CC(=O)OC[C@@H]1C=C[C@H](n2cnc3c(NCC4CC4)nc(N)nc32)C1. The minimum absolute atomic E-state index is 0.121. The first-order valence-electron chi connectivity index (χ1n) is 8.65. The predicted octanol–water partition coefficient (Wildman–Crippen LogP) is 1.91. The maximum atomic E-state index is 11.0. The van der Waals surface area contributed by atoms with Gasteiger partial charge in [0.1, 0.15) is 0 Å². The molecular weight excluding hydrogens is 320 g/mol. The zero-order valence-corrected chi connectivity index (χ0v) is 14.2. The van der Waals surface area contributed by atoms with Crippen LogP contribution in [0.5, 0.6) is 0 Å². The average Bonchev–Trinajstić information content (AvgIpc) is 3.12. The summed E-state index contributed by atoms with van der Waals surface area (Å²) in [4.78, 5) is 24.2. The van der Waals surface area contributed by atoms with Gasteiger partial charge in [0.05, 0.1) is 19.0 Å². The number of rotatable bonds is 6. The number of carbonyl (C=O) groups excluding carboxylic acids is 1. The van der Waals surface area contributed by atoms with Crippen LogP contribution in [-0.4, -0.2) is 38.6 Å². The molecule has 2 heterocycles. The molecule has 0 unspecified atom stereocenters. The zero-order valence-electron chi connectivity index (χ0n) is 14.2. The fraction of sp³-hybridized carbons (Fsp3) is 0.529. The van der Waals surface area contributed by atoms with Gasteiger partial charge in [-0.25, -0.2) is 4.98 Å². The quantitative estimate of drug-likeness (QED) is 0.610. The summed E-state index contributed by atoms with van der Waals surface area (Å²) in [6.07, 6.45) is 9.34. The number of esters is 1. The molecule has 8 nitrogen and oxygen atoms in total. The van der Waals surface area contributed by atoms with E-state index in [-0.39, 0.29) is 23.9 Å². The van der Waals surface area contributed by atoms with E-state index >= 15 is 0 Å². The fourth-order valence-electron chi connectivity index (χ4n) is 3.17. The van der Waals surface area contributed by atoms with E-state index in [1.165, 1.54) is 19.8 Å². The second kappa shape index (κ2) is 6.34. The van der Waals surface area contributed by atoms with Crippen LogP contribution in [0.2, 0.25) is 0 Å². The number of hydrogen-bond donors (Lipinski definition) is 2. The van der Waals surface area contributed by atoms with Gasteiger partial charge in [0, 0.05) is 19.4 Å². The van der Waals surface area contributed by atoms with Gasteiger partial charge in [0.2, 0.25) is 5.95 Å². The number of imidazole rings is 1. The van der Waals surface area contributed by atoms with E-state index in [4.69, 9.17) is 10.5 Å². The maximum Gasteiger partial charge on any atom is 0.302 e. The molecule has 25 heavy (non-hydrogen) atoms. The third-order valence-electron chi connectivity index (χ3n) is 4.70. The number of fused-ring (bicyclic) bond motifs is 1. The molecule has 1 saturated carbocycles. The molecule has 0 spiro atoms. The van der Waals surface area contributed by atoms with Crippen LogP contribution in [0.15, 0.2) is 18.5 Å². The molecule has 0 bridgehead atoms. The summed E-state index contributed by atoms with van der Waals surface area (Å²) >= 11 is 0. The van der Waals surface area contributed by atoms with Crippen molar-refractivity contribution in [3.8, 4) is 0 Å². The van der Waals surface area contributed by atoms with Crippen LogP contribution in [0.25, 0.3) is 11.2 Å². The predicted molar refractivity (Wildman–Crippen MR) is 93.9 cm³/mol. The number of carbonyl (C=O) groups is 1. The summed E-state index contributed by atoms with van der Waals surface area (Å²) in [6, 6.07) is 0.121. The van der Waals surface area contributed by atoms with Crippen LogP contribution in [0, 0.1) is 11.8 Å². The van der Waals surface area contributed by atoms with Crippen LogP contribution in [0.1, 0.15) is 32.2 Å². The summed E-state index contributed by atoms with van der Waals surface area (Å²) < 4.78 is 7.12. The number of ether oxygens (including phenoxy) is 1. The van der Waals surface area contributed by atoms with E-state index in [9.17, 15) is 4.79 Å². The van der Waals surface area contributed by atoms with Gasteiger partial charge in [0.15, 0.2) is 17.0 Å². The van der Waals surface area contributed by atoms with Gasteiger partial charge < -0.3 is 20.4 Å². The third kappa shape index (κ3) is 3.42. The van der Waals surface area contributed by atoms with Gasteiger partial charge in [-0.05, 0) is 25.2 Å². The van der Waals surface area contributed by atoms with Crippen molar-refractivity contribution in [3.63, 3.8) is 0 Å². The van der Waals surface area contributed by atoms with E-state index in [0.29, 0.717) is 12.4 Å². The highest BCUT2D eigenvalue weighted by atomic mass is 16.5. The fourth-order valence-corrected chi connectivity index (χ4v) is 3.17. The van der Waals surface area contributed by atoms with Gasteiger partial charge >= 0.3 is 5.97 Å². The molecule has 3 N–H and O–H groups in total. The van der Waals surface area contributed by atoms with E-state index in [1.807, 2.05) is 4.57 Å². The maximum absolute atomic E-state index is 11.0. The number of nitrogens with one attached hydrogen (secondary N) is 1. The Morgan fingerprint density at radius 3 is 3.00 bits per heavy atom. The Kier molecular flexibility index (Phi) is 4.03. The van der Waals surface area contributed by atoms with Crippen molar-refractivity contribution in [3.05, 3.63) is 18.5 Å². The molecule has 2 aromatic heterocycles. The number of anilines is 2. The highest BCUT2D eigenvalue weighted by Gasteiger charge is 2.25. The van der Waals surface area contributed by atoms with Crippen molar-refractivity contribution in [1.82, 2.24) is 19.5 Å². The molecule has 0 saturated heterocycles. The number of hydrogen-bond acceptors (Lipinski definition) is 7. The number of allylic oxidation sites excluding steroid dienone is 1. The number of nitrogen functional groups attached to an aromatic ring is 1. The molecular formula is C17H22N6O2. The molecule has 2 atom stereocenters. The second-order valence-corrected chi connectivity index (χ2v) is 6.83. The van der Waals surface area contributed by atoms with Crippen LogP contribution in [0.3, 0.4) is 0 Å². The standard InChI is InChI=1S/C17H22N6O2/c1-10(24)25-8-12-4-5-13(6-12)23-9-20-14-15(19-7-11-2-3-11)21-17(18)22-16(14)23/h4-5,9,11-13H,2-3,6-8H2,1H3,(H3,18,19,21,22)/t12-,13+/m1/s1. The lowest BCUT2D eigenvalue weighted by Gasteiger charge is -2.14. The monoisotopic (exact) mass is 342 g/mol. The van der Waals surface area contributed by atoms with E-state index in [1.54, 1.807) is 6.33 Å². The van der Waals surface area contributed by atoms with Gasteiger partial charge in [-0.15, -0.1) is 0 Å². The third-order valence-corrected chi connectivity index (χ3v) is 4.70. The highest BCUT2D eigenvalue weighted by Crippen LogP contribution is 2.33. The Labute approximate surface area is 145 Å². The first-order chi connectivity index (χ1) is 12.1. The van der Waals surface area contributed by atoms with E-state index in [2.05, 4.69) is 32.4 Å². The van der Waals surface area contributed by atoms with Crippen molar-refractivity contribution in [2.24, 2.45) is 11.8 Å². The number of aromatic nitrogens is 4. The van der Waals surface area contributed by atoms with Crippen molar-refractivity contribution in [1.29, 1.82) is 0 Å². The minimum Gasteiger partial charge on any atom is -0.465 e. The molecule has 0 amide bonds. The van der Waals surface area contributed by atoms with Gasteiger partial charge in [0.25, 0.3) is 0 Å². The van der Waals surface area contributed by atoms with Gasteiger partial charge in [-0.1, -0.05) is 12.2 Å². The van der Waals surface area contributed by atoms with Crippen LogP contribution >= 0.6 is 0 Å². The van der Waals surface area contributed by atoms with Crippen LogP contribution in [0.4, 0.5) is 11.8 Å². The first-order valence-corrected chi connectivity index (χ1v) is 8.65. The highest BCUT2D eigenvalue weighted by molar-refractivity contribution is 5.84. The zero-order chi connectivity index (χ0) is 17.4. The van der Waals surface area contributed by atoms with Crippen molar-refractivity contribution < 1.29 is 9.53 Å². The van der Waals surface area contributed by atoms with E-state index in [0.717, 1.165) is 30.0 Å². The lowest BCUT2D eigenvalue weighted by Crippen LogP contribution is -2.12. The van der Waals surface area contributed by atoms with Crippen LogP contribution in [-0.2, 0) is 9.53 Å². The Hall–Kier alpha value is -2.64. The lowest BCUT2D eigenvalue weighted by atomic mass is 10.1. The molecule has 8 heteroatoms. The first kappa shape index (κ1) is 15.9. The summed E-state index contributed by atoms with van der Waals surface area (Å²) in [5.74, 6) is 1.63. The Bertz CT molecular complexity index is 826. The Morgan fingerprint density at radius 1 is 1.40 bits per heavy atom. The summed E-state index contributed by atoms with van der Waals surface area (Å²) in [5, 5.41) is 3.35. The summed E-state index contributed by atoms with van der Waals surface area (Å²) in [6.45, 7) is 2.72. The molecule has 0 aromatic carbocycles. The largest absolute Gasteiger partial charge is 0.465 e. The molecule has 1 fully saturated rings. The topological polar surface area (TPSA) is 108 Å². The van der Waals surface area contributed by atoms with Crippen molar-refractivity contribution >= 4 is 28.9 Å². The summed E-state index contributed by atoms with van der Waals surface area (Å²) in [7, 11) is 0. The summed E-state index contributed by atoms with van der Waals surface area (Å²) in [5.41, 5.74) is 7.38. The van der Waals surface area contributed by atoms with Crippen LogP contribution < -0.4 is 11.1 Å². The normalized spacial score (nSPS) is 22.4. The Morgan fingerprint density at radius 2 is 2.24 bits per heavy atom. The van der Waals surface area contributed by atoms with Gasteiger partial charge in [-0.2, -0.15) is 9.97 Å². The van der Waals surface area contributed by atoms with E-state index < -0.39 is 0 Å².